The summed E-state index contributed by atoms with van der Waals surface area (Å²) in [5.74, 6) is 0.246. The van der Waals surface area contributed by atoms with Crippen molar-refractivity contribution in [2.75, 3.05) is 0 Å². The van der Waals surface area contributed by atoms with Crippen molar-refractivity contribution >= 4 is 23.4 Å². The van der Waals surface area contributed by atoms with E-state index < -0.39 is 5.97 Å². The SMILES string of the molecule is O=C(/C=C/c1ccsc1)OCc1cc(-c2ccccc2)on1. The number of hydrogen-bond acceptors (Lipinski definition) is 5. The Hall–Kier alpha value is -2.66. The van der Waals surface area contributed by atoms with Crippen LogP contribution in [0, 0.1) is 0 Å². The molecule has 0 radical (unpaired) electrons. The van der Waals surface area contributed by atoms with E-state index in [9.17, 15) is 4.79 Å². The molecule has 0 bridgehead atoms. The number of nitrogens with zero attached hydrogens (tertiary/aromatic N) is 1. The highest BCUT2D eigenvalue weighted by molar-refractivity contribution is 7.08. The molecule has 0 saturated heterocycles. The number of ether oxygens (including phenoxy) is 1. The number of aromatic nitrogens is 1. The van der Waals surface area contributed by atoms with Gasteiger partial charge in [-0.15, -0.1) is 0 Å². The number of benzene rings is 1. The highest BCUT2D eigenvalue weighted by Gasteiger charge is 2.07. The fourth-order valence-corrected chi connectivity index (χ4v) is 2.47. The summed E-state index contributed by atoms with van der Waals surface area (Å²) in [6.07, 6.45) is 3.12. The summed E-state index contributed by atoms with van der Waals surface area (Å²) in [7, 11) is 0. The Labute approximate surface area is 131 Å². The van der Waals surface area contributed by atoms with Crippen LogP contribution < -0.4 is 0 Å². The third-order valence-corrected chi connectivity index (χ3v) is 3.64. The Bertz CT molecular complexity index is 760. The molecule has 2 heterocycles. The molecule has 0 amide bonds. The van der Waals surface area contributed by atoms with E-state index in [-0.39, 0.29) is 6.61 Å². The molecule has 0 unspecified atom stereocenters. The summed E-state index contributed by atoms with van der Waals surface area (Å²) < 4.78 is 10.4. The predicted molar refractivity (Wildman–Crippen MR) is 85.1 cm³/mol. The number of esters is 1. The lowest BCUT2D eigenvalue weighted by Gasteiger charge is -1.96. The number of hydrogen-bond donors (Lipinski definition) is 0. The molecule has 3 aromatic rings. The van der Waals surface area contributed by atoms with Crippen LogP contribution in [0.4, 0.5) is 0 Å². The van der Waals surface area contributed by atoms with Crippen LogP contribution in [-0.2, 0) is 16.1 Å². The molecule has 0 atom stereocenters. The molecule has 5 heteroatoms. The van der Waals surface area contributed by atoms with E-state index in [0.717, 1.165) is 11.1 Å². The fraction of sp³-hybridized carbons (Fsp3) is 0.0588. The van der Waals surface area contributed by atoms with Crippen molar-refractivity contribution in [1.29, 1.82) is 0 Å². The van der Waals surface area contributed by atoms with Gasteiger partial charge in [0.2, 0.25) is 0 Å². The lowest BCUT2D eigenvalue weighted by Crippen LogP contribution is -2.00. The second kappa shape index (κ2) is 6.87. The van der Waals surface area contributed by atoms with Gasteiger partial charge < -0.3 is 9.26 Å². The van der Waals surface area contributed by atoms with Gasteiger partial charge in [0.15, 0.2) is 5.76 Å². The topological polar surface area (TPSA) is 52.3 Å². The Morgan fingerprint density at radius 2 is 2.14 bits per heavy atom. The molecule has 110 valence electrons. The van der Waals surface area contributed by atoms with Crippen molar-refractivity contribution in [3.05, 3.63) is 70.6 Å². The van der Waals surface area contributed by atoms with E-state index in [4.69, 9.17) is 9.26 Å². The molecule has 0 fully saturated rings. The predicted octanol–water partition coefficient (Wildman–Crippen LogP) is 4.16. The molecule has 22 heavy (non-hydrogen) atoms. The zero-order valence-corrected chi connectivity index (χ0v) is 12.5. The van der Waals surface area contributed by atoms with Gasteiger partial charge in [-0.05, 0) is 28.5 Å². The van der Waals surface area contributed by atoms with Gasteiger partial charge in [0.1, 0.15) is 12.3 Å². The van der Waals surface area contributed by atoms with Gasteiger partial charge in [-0.1, -0.05) is 35.5 Å². The van der Waals surface area contributed by atoms with Gasteiger partial charge in [-0.25, -0.2) is 4.79 Å². The average Bonchev–Trinajstić information content (AvgIpc) is 3.23. The highest BCUT2D eigenvalue weighted by Crippen LogP contribution is 2.20. The van der Waals surface area contributed by atoms with E-state index in [1.54, 1.807) is 23.5 Å². The molecular formula is C17H13NO3S. The fourth-order valence-electron chi connectivity index (χ4n) is 1.85. The van der Waals surface area contributed by atoms with Crippen molar-refractivity contribution in [1.82, 2.24) is 5.16 Å². The van der Waals surface area contributed by atoms with Gasteiger partial charge in [-0.2, -0.15) is 11.3 Å². The average molecular weight is 311 g/mol. The van der Waals surface area contributed by atoms with E-state index in [1.165, 1.54) is 6.08 Å². The van der Waals surface area contributed by atoms with Gasteiger partial charge in [0, 0.05) is 17.7 Å². The molecule has 0 aliphatic rings. The smallest absolute Gasteiger partial charge is 0.331 e. The molecule has 4 nitrogen and oxygen atoms in total. The standard InChI is InChI=1S/C17H13NO3S/c19-17(7-6-13-8-9-22-12-13)20-11-15-10-16(21-18-15)14-4-2-1-3-5-14/h1-10,12H,11H2/b7-6+. The Balaban J connectivity index is 1.56. The second-order valence-electron chi connectivity index (χ2n) is 4.55. The van der Waals surface area contributed by atoms with E-state index in [0.29, 0.717) is 11.5 Å². The third kappa shape index (κ3) is 3.71. The Morgan fingerprint density at radius 3 is 2.91 bits per heavy atom. The van der Waals surface area contributed by atoms with Gasteiger partial charge in [0.25, 0.3) is 0 Å². The normalized spacial score (nSPS) is 10.9. The van der Waals surface area contributed by atoms with Crippen LogP contribution in [0.3, 0.4) is 0 Å². The molecule has 1 aromatic carbocycles. The monoisotopic (exact) mass is 311 g/mol. The lowest BCUT2D eigenvalue weighted by molar-refractivity contribution is -0.139. The number of carbonyl (C=O) groups is 1. The van der Waals surface area contributed by atoms with Crippen molar-refractivity contribution < 1.29 is 14.1 Å². The summed E-state index contributed by atoms with van der Waals surface area (Å²) in [6, 6.07) is 13.3. The molecule has 0 N–H and O–H groups in total. The van der Waals surface area contributed by atoms with E-state index >= 15 is 0 Å². The summed E-state index contributed by atoms with van der Waals surface area (Å²) >= 11 is 1.58. The van der Waals surface area contributed by atoms with Crippen molar-refractivity contribution in [3.63, 3.8) is 0 Å². The van der Waals surface area contributed by atoms with Crippen LogP contribution in [0.5, 0.6) is 0 Å². The van der Waals surface area contributed by atoms with Crippen LogP contribution in [-0.4, -0.2) is 11.1 Å². The van der Waals surface area contributed by atoms with Crippen molar-refractivity contribution in [2.45, 2.75) is 6.61 Å². The minimum absolute atomic E-state index is 0.0865. The van der Waals surface area contributed by atoms with Crippen molar-refractivity contribution in [2.24, 2.45) is 0 Å². The summed E-state index contributed by atoms with van der Waals surface area (Å²) in [4.78, 5) is 11.6. The first-order valence-electron chi connectivity index (χ1n) is 6.69. The molecule has 0 aliphatic carbocycles. The first-order valence-corrected chi connectivity index (χ1v) is 7.63. The molecule has 0 saturated carbocycles. The van der Waals surface area contributed by atoms with Crippen LogP contribution >= 0.6 is 11.3 Å². The minimum atomic E-state index is -0.407. The van der Waals surface area contributed by atoms with Crippen LogP contribution in [0.2, 0.25) is 0 Å². The second-order valence-corrected chi connectivity index (χ2v) is 5.33. The maximum Gasteiger partial charge on any atom is 0.331 e. The molecule has 2 aromatic heterocycles. The molecule has 3 rings (SSSR count). The van der Waals surface area contributed by atoms with E-state index in [1.807, 2.05) is 47.2 Å². The summed E-state index contributed by atoms with van der Waals surface area (Å²) in [5, 5.41) is 7.80. The first-order chi connectivity index (χ1) is 10.8. The zero-order chi connectivity index (χ0) is 15.2. The highest BCUT2D eigenvalue weighted by atomic mass is 32.1. The number of rotatable bonds is 5. The summed E-state index contributed by atoms with van der Waals surface area (Å²) in [6.45, 7) is 0.0865. The molecule has 0 aliphatic heterocycles. The quantitative estimate of drug-likeness (QED) is 0.524. The van der Waals surface area contributed by atoms with Crippen LogP contribution in [0.25, 0.3) is 17.4 Å². The van der Waals surface area contributed by atoms with Gasteiger partial charge in [-0.3, -0.25) is 0 Å². The Kier molecular flexibility index (Phi) is 4.46. The number of carbonyl (C=O) groups excluding carboxylic acids is 1. The maximum atomic E-state index is 11.6. The van der Waals surface area contributed by atoms with Crippen LogP contribution in [0.1, 0.15) is 11.3 Å². The minimum Gasteiger partial charge on any atom is -0.456 e. The number of thiophene rings is 1. The first kappa shape index (κ1) is 14.3. The van der Waals surface area contributed by atoms with Gasteiger partial charge in [0.05, 0.1) is 0 Å². The molecular weight excluding hydrogens is 298 g/mol. The van der Waals surface area contributed by atoms with Gasteiger partial charge >= 0.3 is 5.97 Å². The summed E-state index contributed by atoms with van der Waals surface area (Å²) in [5.41, 5.74) is 2.50. The lowest BCUT2D eigenvalue weighted by atomic mass is 10.2. The largest absolute Gasteiger partial charge is 0.456 e. The van der Waals surface area contributed by atoms with E-state index in [2.05, 4.69) is 5.16 Å². The maximum absolute atomic E-state index is 11.6. The Morgan fingerprint density at radius 1 is 1.27 bits per heavy atom. The zero-order valence-electron chi connectivity index (χ0n) is 11.6. The molecule has 0 spiro atoms. The van der Waals surface area contributed by atoms with Crippen LogP contribution in [0.15, 0.2) is 63.8 Å². The van der Waals surface area contributed by atoms with Crippen molar-refractivity contribution in [3.8, 4) is 11.3 Å². The third-order valence-electron chi connectivity index (χ3n) is 2.93.